The molecule has 1 aliphatic rings. The second-order valence-electron chi connectivity index (χ2n) is 6.09. The lowest BCUT2D eigenvalue weighted by molar-refractivity contribution is -0.899. The number of likely N-dealkylation sites (tertiary alicyclic amines) is 1. The van der Waals surface area contributed by atoms with Crippen molar-refractivity contribution in [1.82, 2.24) is 0 Å². The monoisotopic (exact) mass is 351 g/mol. The van der Waals surface area contributed by atoms with Crippen LogP contribution >= 0.6 is 0 Å². The normalized spacial score (nSPS) is 19.8. The molecule has 1 aliphatic heterocycles. The largest absolute Gasteiger partial charge is 0.493 e. The van der Waals surface area contributed by atoms with E-state index in [1.54, 1.807) is 32.4 Å². The van der Waals surface area contributed by atoms with Crippen LogP contribution in [-0.4, -0.2) is 52.3 Å². The third-order valence-electron chi connectivity index (χ3n) is 4.32. The highest BCUT2D eigenvalue weighted by molar-refractivity contribution is 5.91. The van der Waals surface area contributed by atoms with Gasteiger partial charge in [-0.2, -0.15) is 0 Å². The molecule has 2 N–H and O–H groups in total. The van der Waals surface area contributed by atoms with Gasteiger partial charge in [-0.25, -0.2) is 0 Å². The predicted octanol–water partition coefficient (Wildman–Crippen LogP) is 0.500. The highest BCUT2D eigenvalue weighted by Gasteiger charge is 2.30. The number of esters is 1. The number of anilines is 1. The summed E-state index contributed by atoms with van der Waals surface area (Å²) in [7, 11) is 3.12. The fourth-order valence-corrected chi connectivity index (χ4v) is 3.12. The molecule has 0 spiro atoms. The Balaban J connectivity index is 1.90. The summed E-state index contributed by atoms with van der Waals surface area (Å²) in [4.78, 5) is 25.3. The number of benzene rings is 1. The van der Waals surface area contributed by atoms with Crippen LogP contribution in [0.2, 0.25) is 0 Å². The smallest absolute Gasteiger partial charge is 0.314 e. The minimum absolute atomic E-state index is 0.0910. The predicted molar refractivity (Wildman–Crippen MR) is 93.1 cm³/mol. The summed E-state index contributed by atoms with van der Waals surface area (Å²) in [5, 5.41) is 2.87. The lowest BCUT2D eigenvalue weighted by Gasteiger charge is -2.28. The molecule has 0 radical (unpaired) electrons. The maximum atomic E-state index is 12.3. The van der Waals surface area contributed by atoms with Crippen LogP contribution in [0, 0.1) is 5.92 Å². The summed E-state index contributed by atoms with van der Waals surface area (Å²) in [5.74, 6) is 0.816. The van der Waals surface area contributed by atoms with Crippen molar-refractivity contribution in [3.05, 3.63) is 18.2 Å². The van der Waals surface area contributed by atoms with Crippen molar-refractivity contribution in [3.8, 4) is 11.5 Å². The number of hydrogen-bond acceptors (Lipinski definition) is 5. The molecule has 1 unspecified atom stereocenters. The molecule has 2 atom stereocenters. The molecule has 25 heavy (non-hydrogen) atoms. The first-order valence-corrected chi connectivity index (χ1v) is 8.59. The molecule has 0 saturated carbocycles. The summed E-state index contributed by atoms with van der Waals surface area (Å²) in [6.45, 7) is 4.05. The van der Waals surface area contributed by atoms with Gasteiger partial charge in [0.1, 0.15) is 5.92 Å². The van der Waals surface area contributed by atoms with Crippen molar-refractivity contribution in [2.24, 2.45) is 5.92 Å². The molecule has 0 aromatic heterocycles. The van der Waals surface area contributed by atoms with E-state index < -0.39 is 0 Å². The lowest BCUT2D eigenvalue weighted by atomic mass is 9.98. The van der Waals surface area contributed by atoms with Gasteiger partial charge in [0, 0.05) is 11.8 Å². The second-order valence-corrected chi connectivity index (χ2v) is 6.09. The molecule has 0 aliphatic carbocycles. The van der Waals surface area contributed by atoms with Crippen molar-refractivity contribution in [1.29, 1.82) is 0 Å². The van der Waals surface area contributed by atoms with Crippen LogP contribution in [0.3, 0.4) is 0 Å². The van der Waals surface area contributed by atoms with Crippen molar-refractivity contribution in [2.45, 2.75) is 19.8 Å². The average molecular weight is 351 g/mol. The number of carbonyl (C=O) groups is 2. The third-order valence-corrected chi connectivity index (χ3v) is 4.32. The van der Waals surface area contributed by atoms with Gasteiger partial charge in [-0.15, -0.1) is 0 Å². The van der Waals surface area contributed by atoms with Crippen molar-refractivity contribution in [3.63, 3.8) is 0 Å². The molecule has 7 heteroatoms. The van der Waals surface area contributed by atoms with Gasteiger partial charge < -0.3 is 24.4 Å². The Morgan fingerprint density at radius 3 is 2.68 bits per heavy atom. The van der Waals surface area contributed by atoms with E-state index in [1.165, 1.54) is 0 Å². The molecule has 1 aromatic rings. The summed E-state index contributed by atoms with van der Waals surface area (Å²) in [6, 6.07) is 5.24. The zero-order chi connectivity index (χ0) is 18.2. The Labute approximate surface area is 148 Å². The van der Waals surface area contributed by atoms with E-state index in [-0.39, 0.29) is 17.8 Å². The zero-order valence-corrected chi connectivity index (χ0v) is 15.1. The number of nitrogens with one attached hydrogen (secondary N) is 2. The van der Waals surface area contributed by atoms with E-state index in [0.29, 0.717) is 36.9 Å². The molecule has 7 nitrogen and oxygen atoms in total. The van der Waals surface area contributed by atoms with Crippen molar-refractivity contribution in [2.75, 3.05) is 45.8 Å². The second kappa shape index (κ2) is 9.27. The van der Waals surface area contributed by atoms with Gasteiger partial charge in [0.15, 0.2) is 18.0 Å². The van der Waals surface area contributed by atoms with Crippen LogP contribution in [-0.2, 0) is 14.3 Å². The molecular weight excluding hydrogens is 324 g/mol. The molecule has 2 rings (SSSR count). The van der Waals surface area contributed by atoms with Crippen LogP contribution in [0.4, 0.5) is 5.69 Å². The molecule has 1 saturated heterocycles. The Morgan fingerprint density at radius 2 is 2.00 bits per heavy atom. The van der Waals surface area contributed by atoms with Gasteiger partial charge in [-0.3, -0.25) is 9.59 Å². The van der Waals surface area contributed by atoms with Gasteiger partial charge in [-0.05, 0) is 31.9 Å². The summed E-state index contributed by atoms with van der Waals surface area (Å²) in [5.41, 5.74) is 0.654. The Morgan fingerprint density at radius 1 is 1.24 bits per heavy atom. The van der Waals surface area contributed by atoms with Crippen LogP contribution in [0.25, 0.3) is 0 Å². The number of methoxy groups -OCH3 is 2. The molecule has 1 fully saturated rings. The number of rotatable bonds is 7. The fourth-order valence-electron chi connectivity index (χ4n) is 3.12. The van der Waals surface area contributed by atoms with Gasteiger partial charge in [0.05, 0.1) is 33.9 Å². The first-order chi connectivity index (χ1) is 12.1. The third kappa shape index (κ3) is 5.35. The number of ether oxygens (including phenoxy) is 3. The molecule has 0 bridgehead atoms. The number of carbonyl (C=O) groups excluding carboxylic acids is 2. The highest BCUT2D eigenvalue weighted by atomic mass is 16.5. The number of hydrogen-bond donors (Lipinski definition) is 2. The van der Waals surface area contributed by atoms with E-state index in [1.807, 2.05) is 6.92 Å². The molecule has 138 valence electrons. The van der Waals surface area contributed by atoms with Crippen molar-refractivity contribution < 1.29 is 28.7 Å². The SMILES string of the molecule is CCOC(=O)[C@H]1CCC[NH+](CC(=O)Nc2ccc(OC)c(OC)c2)C1. The van der Waals surface area contributed by atoms with Crippen LogP contribution in [0.1, 0.15) is 19.8 Å². The van der Waals surface area contributed by atoms with E-state index in [2.05, 4.69) is 5.32 Å². The van der Waals surface area contributed by atoms with Gasteiger partial charge >= 0.3 is 5.97 Å². The maximum absolute atomic E-state index is 12.3. The maximum Gasteiger partial charge on any atom is 0.314 e. The topological polar surface area (TPSA) is 78.3 Å². The van der Waals surface area contributed by atoms with Crippen molar-refractivity contribution >= 4 is 17.6 Å². The summed E-state index contributed by atoms with van der Waals surface area (Å²) in [6.07, 6.45) is 1.75. The van der Waals surface area contributed by atoms with Gasteiger partial charge in [0.2, 0.25) is 0 Å². The first kappa shape index (κ1) is 19.1. The Bertz CT molecular complexity index is 605. The minimum atomic E-state index is -0.153. The van der Waals surface area contributed by atoms with E-state index >= 15 is 0 Å². The highest BCUT2D eigenvalue weighted by Crippen LogP contribution is 2.29. The number of quaternary nitrogens is 1. The summed E-state index contributed by atoms with van der Waals surface area (Å²) >= 11 is 0. The Kier molecular flexibility index (Phi) is 7.06. The van der Waals surface area contributed by atoms with Crippen LogP contribution in [0.15, 0.2) is 18.2 Å². The number of amides is 1. The molecule has 1 aromatic carbocycles. The van der Waals surface area contributed by atoms with Crippen LogP contribution < -0.4 is 19.7 Å². The zero-order valence-electron chi connectivity index (χ0n) is 15.1. The van der Waals surface area contributed by atoms with E-state index in [4.69, 9.17) is 14.2 Å². The minimum Gasteiger partial charge on any atom is -0.493 e. The van der Waals surface area contributed by atoms with Gasteiger partial charge in [-0.1, -0.05) is 0 Å². The molecule has 1 heterocycles. The Hall–Kier alpha value is -2.28. The summed E-state index contributed by atoms with van der Waals surface area (Å²) < 4.78 is 15.5. The lowest BCUT2D eigenvalue weighted by Crippen LogP contribution is -3.14. The molecule has 1 amide bonds. The van der Waals surface area contributed by atoms with Gasteiger partial charge in [0.25, 0.3) is 5.91 Å². The first-order valence-electron chi connectivity index (χ1n) is 8.59. The van der Waals surface area contributed by atoms with E-state index in [9.17, 15) is 9.59 Å². The van der Waals surface area contributed by atoms with Crippen LogP contribution in [0.5, 0.6) is 11.5 Å². The number of piperidine rings is 1. The van der Waals surface area contributed by atoms with E-state index in [0.717, 1.165) is 24.3 Å². The molecular formula is C18H27N2O5+. The average Bonchev–Trinajstić information content (AvgIpc) is 2.62. The fraction of sp³-hybridized carbons (Fsp3) is 0.556. The standard InChI is InChI=1S/C18H26N2O5/c1-4-25-18(22)13-6-5-9-20(11-13)12-17(21)19-14-7-8-15(23-2)16(10-14)24-3/h7-8,10,13H,4-6,9,11-12H2,1-3H3,(H,19,21)/p+1/t13-/m0/s1. The quantitative estimate of drug-likeness (QED) is 0.700.